The van der Waals surface area contributed by atoms with Crippen LogP contribution in [-0.4, -0.2) is 22.4 Å². The zero-order chi connectivity index (χ0) is 21.7. The Morgan fingerprint density at radius 3 is 2.50 bits per heavy atom. The second kappa shape index (κ2) is 10.2. The van der Waals surface area contributed by atoms with E-state index < -0.39 is 0 Å². The highest BCUT2D eigenvalue weighted by Crippen LogP contribution is 2.27. The van der Waals surface area contributed by atoms with Crippen LogP contribution in [0.25, 0.3) is 5.69 Å². The molecule has 0 spiro atoms. The van der Waals surface area contributed by atoms with Crippen molar-refractivity contribution < 1.29 is 4.79 Å². The van der Waals surface area contributed by atoms with Gasteiger partial charge in [-0.2, -0.15) is 5.10 Å². The second-order valence-corrected chi connectivity index (χ2v) is 8.95. The first-order valence-electron chi connectivity index (χ1n) is 9.51. The number of aromatic nitrogens is 1. The van der Waals surface area contributed by atoms with Gasteiger partial charge >= 0.3 is 0 Å². The highest BCUT2D eigenvalue weighted by molar-refractivity contribution is 7.99. The van der Waals surface area contributed by atoms with Gasteiger partial charge in [0.05, 0.1) is 16.3 Å². The number of rotatable bonds is 7. The van der Waals surface area contributed by atoms with Crippen molar-refractivity contribution in [2.75, 3.05) is 5.75 Å². The lowest BCUT2D eigenvalue weighted by molar-refractivity contribution is -0.120. The maximum absolute atomic E-state index is 12.1. The Kier molecular flexibility index (Phi) is 7.64. The minimum Gasteiger partial charge on any atom is -0.318 e. The molecule has 7 heteroatoms. The summed E-state index contributed by atoms with van der Waals surface area (Å²) >= 11 is 13.8. The lowest BCUT2D eigenvalue weighted by Crippen LogP contribution is -2.17. The summed E-state index contributed by atoms with van der Waals surface area (Å²) in [6, 6.07) is 15.8. The average molecular weight is 460 g/mol. The van der Waals surface area contributed by atoms with Crippen molar-refractivity contribution in [1.82, 2.24) is 9.99 Å². The average Bonchev–Trinajstić information content (AvgIpc) is 2.99. The predicted octanol–water partition coefficient (Wildman–Crippen LogP) is 6.34. The van der Waals surface area contributed by atoms with Crippen LogP contribution in [0.5, 0.6) is 0 Å². The molecule has 1 amide bonds. The lowest BCUT2D eigenvalue weighted by Gasteiger charge is -2.10. The van der Waals surface area contributed by atoms with E-state index in [2.05, 4.69) is 46.3 Å². The Hall–Kier alpha value is -2.21. The summed E-state index contributed by atoms with van der Waals surface area (Å²) in [4.78, 5) is 13.2. The molecule has 0 unspecified atom stereocenters. The van der Waals surface area contributed by atoms with Gasteiger partial charge in [-0.3, -0.25) is 4.79 Å². The number of nitrogens with one attached hydrogen (secondary N) is 1. The van der Waals surface area contributed by atoms with Gasteiger partial charge in [-0.15, -0.1) is 11.8 Å². The smallest absolute Gasteiger partial charge is 0.240 e. The highest BCUT2D eigenvalue weighted by atomic mass is 35.5. The zero-order valence-electron chi connectivity index (χ0n) is 17.1. The molecule has 3 rings (SSSR count). The molecule has 156 valence electrons. The summed E-state index contributed by atoms with van der Waals surface area (Å²) in [5, 5.41) is 5.15. The second-order valence-electron chi connectivity index (χ2n) is 6.96. The Morgan fingerprint density at radius 2 is 1.80 bits per heavy atom. The molecule has 1 heterocycles. The number of hydrogen-bond acceptors (Lipinski definition) is 3. The van der Waals surface area contributed by atoms with Gasteiger partial charge in [0.2, 0.25) is 5.91 Å². The largest absolute Gasteiger partial charge is 0.318 e. The van der Waals surface area contributed by atoms with E-state index in [0.29, 0.717) is 22.2 Å². The molecule has 0 fully saturated rings. The van der Waals surface area contributed by atoms with Gasteiger partial charge < -0.3 is 4.57 Å². The molecule has 4 nitrogen and oxygen atoms in total. The first-order valence-corrected chi connectivity index (χ1v) is 11.2. The van der Waals surface area contributed by atoms with Crippen LogP contribution in [0.2, 0.25) is 10.0 Å². The molecule has 0 saturated heterocycles. The molecule has 0 saturated carbocycles. The highest BCUT2D eigenvalue weighted by Gasteiger charge is 2.11. The Morgan fingerprint density at radius 1 is 1.07 bits per heavy atom. The van der Waals surface area contributed by atoms with Crippen LogP contribution in [0, 0.1) is 20.8 Å². The number of aryl methyl sites for hydroxylation is 2. The third-order valence-electron chi connectivity index (χ3n) is 4.64. The van der Waals surface area contributed by atoms with Crippen molar-refractivity contribution in [3.05, 3.63) is 81.1 Å². The maximum Gasteiger partial charge on any atom is 0.240 e. The van der Waals surface area contributed by atoms with Crippen molar-refractivity contribution in [3.8, 4) is 5.69 Å². The maximum atomic E-state index is 12.1. The number of halogens is 2. The molecule has 3 aromatic rings. The van der Waals surface area contributed by atoms with E-state index in [9.17, 15) is 4.79 Å². The van der Waals surface area contributed by atoms with Crippen LogP contribution in [-0.2, 0) is 4.79 Å². The quantitative estimate of drug-likeness (QED) is 0.254. The summed E-state index contributed by atoms with van der Waals surface area (Å²) in [6.07, 6.45) is 2.07. The molecule has 0 aliphatic heterocycles. The van der Waals surface area contributed by atoms with Crippen LogP contribution in [0.1, 0.15) is 28.9 Å². The van der Waals surface area contributed by atoms with Crippen molar-refractivity contribution in [1.29, 1.82) is 0 Å². The van der Waals surface area contributed by atoms with E-state index >= 15 is 0 Å². The number of thioether (sulfide) groups is 1. The molecule has 1 N–H and O–H groups in total. The molecular weight excluding hydrogens is 437 g/mol. The third kappa shape index (κ3) is 5.69. The summed E-state index contributed by atoms with van der Waals surface area (Å²) < 4.78 is 2.07. The zero-order valence-corrected chi connectivity index (χ0v) is 19.4. The molecule has 0 aliphatic carbocycles. The molecule has 0 atom stereocenters. The van der Waals surface area contributed by atoms with Gasteiger partial charge in [-0.25, -0.2) is 5.43 Å². The normalized spacial score (nSPS) is 11.2. The van der Waals surface area contributed by atoms with Gasteiger partial charge in [-0.1, -0.05) is 40.9 Å². The fourth-order valence-electron chi connectivity index (χ4n) is 3.07. The van der Waals surface area contributed by atoms with Gasteiger partial charge in [0.1, 0.15) is 0 Å². The first kappa shape index (κ1) is 22.5. The Balaban J connectivity index is 1.57. The summed E-state index contributed by atoms with van der Waals surface area (Å²) in [7, 11) is 0. The SMILES string of the molecule is Cc1ccc(SCCC(=O)N/N=C\c2cc(C)n(-c3ccc(Cl)c(Cl)c3)c2C)cc1. The minimum absolute atomic E-state index is 0.107. The molecule has 30 heavy (non-hydrogen) atoms. The lowest BCUT2D eigenvalue weighted by atomic mass is 10.2. The molecule has 2 aromatic carbocycles. The summed E-state index contributed by atoms with van der Waals surface area (Å²) in [6.45, 7) is 6.06. The molecule has 0 bridgehead atoms. The predicted molar refractivity (Wildman–Crippen MR) is 128 cm³/mol. The van der Waals surface area contributed by atoms with E-state index in [-0.39, 0.29) is 5.91 Å². The van der Waals surface area contributed by atoms with Crippen molar-refractivity contribution in [2.24, 2.45) is 5.10 Å². The van der Waals surface area contributed by atoms with E-state index in [1.165, 1.54) is 5.56 Å². The van der Waals surface area contributed by atoms with Gasteiger partial charge in [0, 0.05) is 39.7 Å². The van der Waals surface area contributed by atoms with Crippen LogP contribution in [0.4, 0.5) is 0 Å². The molecule has 0 aliphatic rings. The Bertz CT molecular complexity index is 1070. The molecule has 0 radical (unpaired) electrons. The minimum atomic E-state index is -0.107. The van der Waals surface area contributed by atoms with Crippen molar-refractivity contribution in [2.45, 2.75) is 32.1 Å². The number of benzene rings is 2. The van der Waals surface area contributed by atoms with Crippen LogP contribution >= 0.6 is 35.0 Å². The van der Waals surface area contributed by atoms with E-state index in [1.807, 2.05) is 32.0 Å². The van der Waals surface area contributed by atoms with Crippen molar-refractivity contribution in [3.63, 3.8) is 0 Å². The number of hydrazone groups is 1. The number of carbonyl (C=O) groups excluding carboxylic acids is 1. The van der Waals surface area contributed by atoms with Crippen molar-refractivity contribution >= 4 is 47.1 Å². The monoisotopic (exact) mass is 459 g/mol. The number of carbonyl (C=O) groups is 1. The third-order valence-corrected chi connectivity index (χ3v) is 6.40. The number of hydrogen-bond donors (Lipinski definition) is 1. The van der Waals surface area contributed by atoms with Crippen LogP contribution in [0.3, 0.4) is 0 Å². The van der Waals surface area contributed by atoms with Crippen LogP contribution in [0.15, 0.2) is 58.5 Å². The van der Waals surface area contributed by atoms with E-state index in [0.717, 1.165) is 27.5 Å². The topological polar surface area (TPSA) is 46.4 Å². The van der Waals surface area contributed by atoms with Crippen LogP contribution < -0.4 is 5.43 Å². The van der Waals surface area contributed by atoms with E-state index in [1.54, 1.807) is 24.0 Å². The number of nitrogens with zero attached hydrogens (tertiary/aromatic N) is 2. The van der Waals surface area contributed by atoms with Gasteiger partial charge in [-0.05, 0) is 57.2 Å². The summed E-state index contributed by atoms with van der Waals surface area (Å²) in [5.74, 6) is 0.597. The fourth-order valence-corrected chi connectivity index (χ4v) is 4.21. The Labute approximate surface area is 191 Å². The first-order chi connectivity index (χ1) is 14.3. The van der Waals surface area contributed by atoms with Gasteiger partial charge in [0.15, 0.2) is 0 Å². The fraction of sp³-hybridized carbons (Fsp3) is 0.217. The standard InChI is InChI=1S/C23H23Cl2N3OS/c1-15-4-7-20(8-5-15)30-11-10-23(29)27-26-14-18-12-16(2)28(17(18)3)19-6-9-21(24)22(25)13-19/h4-9,12-14H,10-11H2,1-3H3,(H,27,29)/b26-14-. The summed E-state index contributed by atoms with van der Waals surface area (Å²) in [5.41, 5.74) is 7.72. The van der Waals surface area contributed by atoms with E-state index in [4.69, 9.17) is 23.2 Å². The number of amides is 1. The van der Waals surface area contributed by atoms with Gasteiger partial charge in [0.25, 0.3) is 0 Å². The molecule has 1 aromatic heterocycles. The molecular formula is C23H23Cl2N3OS.